The van der Waals surface area contributed by atoms with Crippen molar-refractivity contribution in [1.29, 1.82) is 5.26 Å². The van der Waals surface area contributed by atoms with Gasteiger partial charge in [-0.05, 0) is 36.2 Å². The first-order valence-electron chi connectivity index (χ1n) is 6.40. The van der Waals surface area contributed by atoms with Gasteiger partial charge in [0.1, 0.15) is 11.8 Å². The van der Waals surface area contributed by atoms with Crippen LogP contribution in [0.5, 0.6) is 5.75 Å². The number of nitrogen functional groups attached to an aromatic ring is 1. The fraction of sp³-hybridized carbons (Fsp3) is 0.188. The number of ether oxygens (including phenoxy) is 1. The Morgan fingerprint density at radius 3 is 2.80 bits per heavy atom. The van der Waals surface area contributed by atoms with Crippen LogP contribution in [0.4, 0.5) is 11.4 Å². The smallest absolute Gasteiger partial charge is 0.119 e. The van der Waals surface area contributed by atoms with E-state index in [2.05, 4.69) is 17.5 Å². The number of nitrogens with two attached hydrogens (primary N) is 1. The van der Waals surface area contributed by atoms with Crippen LogP contribution in [0.25, 0.3) is 0 Å². The molecule has 0 saturated heterocycles. The summed E-state index contributed by atoms with van der Waals surface area (Å²) in [4.78, 5) is 0. The average molecular weight is 267 g/mol. The number of nitrogens with one attached hydrogen (secondary N) is 1. The minimum absolute atomic E-state index is 0.497. The number of rotatable bonds is 5. The van der Waals surface area contributed by atoms with Gasteiger partial charge in [0.05, 0.1) is 24.0 Å². The van der Waals surface area contributed by atoms with E-state index in [9.17, 15) is 0 Å². The molecule has 2 aromatic rings. The summed E-state index contributed by atoms with van der Waals surface area (Å²) in [6, 6.07) is 15.4. The first-order chi connectivity index (χ1) is 9.74. The van der Waals surface area contributed by atoms with E-state index in [1.54, 1.807) is 13.2 Å². The predicted octanol–water partition coefficient (Wildman–Crippen LogP) is 2.80. The fourth-order valence-corrected chi connectivity index (χ4v) is 1.99. The maximum absolute atomic E-state index is 8.93. The summed E-state index contributed by atoms with van der Waals surface area (Å²) in [6.07, 6.45) is 0.855. The zero-order chi connectivity index (χ0) is 14.4. The van der Waals surface area contributed by atoms with Crippen LogP contribution >= 0.6 is 0 Å². The lowest BCUT2D eigenvalue weighted by molar-refractivity contribution is 0.414. The van der Waals surface area contributed by atoms with Crippen LogP contribution in [0.3, 0.4) is 0 Å². The zero-order valence-electron chi connectivity index (χ0n) is 11.4. The van der Waals surface area contributed by atoms with Crippen molar-refractivity contribution in [3.8, 4) is 11.8 Å². The van der Waals surface area contributed by atoms with E-state index in [1.807, 2.05) is 30.3 Å². The standard InChI is InChI=1S/C16H17N3O/c1-20-14-6-2-4-12(10-14)8-9-19-15-7-3-5-13(11-17)16(15)18/h2-7,10,19H,8-9,18H2,1H3. The van der Waals surface area contributed by atoms with Gasteiger partial charge in [0, 0.05) is 6.54 Å². The highest BCUT2D eigenvalue weighted by atomic mass is 16.5. The van der Waals surface area contributed by atoms with Crippen LogP contribution in [0.2, 0.25) is 0 Å². The lowest BCUT2D eigenvalue weighted by Crippen LogP contribution is -2.07. The second-order valence-corrected chi connectivity index (χ2v) is 4.41. The molecule has 0 amide bonds. The summed E-state index contributed by atoms with van der Waals surface area (Å²) in [5.41, 5.74) is 8.90. The molecule has 4 heteroatoms. The predicted molar refractivity (Wildman–Crippen MR) is 80.8 cm³/mol. The van der Waals surface area contributed by atoms with Gasteiger partial charge in [0.15, 0.2) is 0 Å². The van der Waals surface area contributed by atoms with E-state index < -0.39 is 0 Å². The molecule has 0 bridgehead atoms. The summed E-state index contributed by atoms with van der Waals surface area (Å²) >= 11 is 0. The Morgan fingerprint density at radius 1 is 1.25 bits per heavy atom. The SMILES string of the molecule is COc1cccc(CCNc2cccc(C#N)c2N)c1. The Balaban J connectivity index is 1.98. The number of anilines is 2. The quantitative estimate of drug-likeness (QED) is 0.817. The van der Waals surface area contributed by atoms with E-state index in [0.29, 0.717) is 11.3 Å². The second-order valence-electron chi connectivity index (χ2n) is 4.41. The van der Waals surface area contributed by atoms with Gasteiger partial charge in [-0.1, -0.05) is 18.2 Å². The molecule has 0 aromatic heterocycles. The molecule has 2 rings (SSSR count). The van der Waals surface area contributed by atoms with Crippen molar-refractivity contribution in [1.82, 2.24) is 0 Å². The van der Waals surface area contributed by atoms with Crippen molar-refractivity contribution < 1.29 is 4.74 Å². The summed E-state index contributed by atoms with van der Waals surface area (Å²) < 4.78 is 5.19. The van der Waals surface area contributed by atoms with Gasteiger partial charge in [-0.15, -0.1) is 0 Å². The molecule has 0 saturated carbocycles. The summed E-state index contributed by atoms with van der Waals surface area (Å²) in [7, 11) is 1.66. The van der Waals surface area contributed by atoms with Gasteiger partial charge in [0.25, 0.3) is 0 Å². The number of benzene rings is 2. The van der Waals surface area contributed by atoms with Crippen molar-refractivity contribution >= 4 is 11.4 Å². The highest BCUT2D eigenvalue weighted by Crippen LogP contribution is 2.22. The maximum Gasteiger partial charge on any atom is 0.119 e. The molecule has 102 valence electrons. The molecule has 0 fully saturated rings. The highest BCUT2D eigenvalue weighted by molar-refractivity contribution is 5.72. The van der Waals surface area contributed by atoms with Crippen molar-refractivity contribution in [2.24, 2.45) is 0 Å². The Kier molecular flexibility index (Phi) is 4.46. The molecule has 20 heavy (non-hydrogen) atoms. The number of hydrogen-bond donors (Lipinski definition) is 2. The molecule has 2 aromatic carbocycles. The Hall–Kier alpha value is -2.67. The molecule has 3 N–H and O–H groups in total. The van der Waals surface area contributed by atoms with Gasteiger partial charge < -0.3 is 15.8 Å². The molecule has 0 radical (unpaired) electrons. The summed E-state index contributed by atoms with van der Waals surface area (Å²) in [5, 5.41) is 12.2. The van der Waals surface area contributed by atoms with Crippen molar-refractivity contribution in [3.63, 3.8) is 0 Å². The van der Waals surface area contributed by atoms with Gasteiger partial charge in [-0.2, -0.15) is 5.26 Å². The molecule has 0 unspecified atom stereocenters. The van der Waals surface area contributed by atoms with Gasteiger partial charge in [-0.3, -0.25) is 0 Å². The summed E-state index contributed by atoms with van der Waals surface area (Å²) in [5.74, 6) is 0.855. The molecule has 0 aliphatic carbocycles. The number of para-hydroxylation sites is 1. The first kappa shape index (κ1) is 13.8. The molecule has 0 atom stereocenters. The van der Waals surface area contributed by atoms with Crippen LogP contribution in [0, 0.1) is 11.3 Å². The van der Waals surface area contributed by atoms with E-state index in [-0.39, 0.29) is 0 Å². The van der Waals surface area contributed by atoms with E-state index >= 15 is 0 Å². The Morgan fingerprint density at radius 2 is 2.05 bits per heavy atom. The third-order valence-corrected chi connectivity index (χ3v) is 3.09. The Labute approximate surface area is 118 Å². The van der Waals surface area contributed by atoms with Crippen LogP contribution in [0.1, 0.15) is 11.1 Å². The number of methoxy groups -OCH3 is 1. The molecule has 0 aliphatic heterocycles. The number of hydrogen-bond acceptors (Lipinski definition) is 4. The topological polar surface area (TPSA) is 71.1 Å². The van der Waals surface area contributed by atoms with Crippen LogP contribution in [-0.4, -0.2) is 13.7 Å². The molecule has 4 nitrogen and oxygen atoms in total. The maximum atomic E-state index is 8.93. The van der Waals surface area contributed by atoms with Crippen LogP contribution in [0.15, 0.2) is 42.5 Å². The fourth-order valence-electron chi connectivity index (χ4n) is 1.99. The summed E-state index contributed by atoms with van der Waals surface area (Å²) in [6.45, 7) is 0.742. The van der Waals surface area contributed by atoms with Gasteiger partial charge in [0.2, 0.25) is 0 Å². The normalized spacial score (nSPS) is 9.80. The monoisotopic (exact) mass is 267 g/mol. The van der Waals surface area contributed by atoms with Crippen molar-refractivity contribution in [3.05, 3.63) is 53.6 Å². The lowest BCUT2D eigenvalue weighted by Gasteiger charge is -2.10. The molecular formula is C16H17N3O. The van der Waals surface area contributed by atoms with Gasteiger partial charge in [-0.25, -0.2) is 0 Å². The van der Waals surface area contributed by atoms with E-state index in [4.69, 9.17) is 15.7 Å². The largest absolute Gasteiger partial charge is 0.497 e. The molecule has 0 heterocycles. The Bertz CT molecular complexity index is 632. The third kappa shape index (κ3) is 3.21. The number of nitriles is 1. The third-order valence-electron chi connectivity index (χ3n) is 3.09. The average Bonchev–Trinajstić information content (AvgIpc) is 2.49. The molecule has 0 spiro atoms. The zero-order valence-corrected chi connectivity index (χ0v) is 11.4. The second kappa shape index (κ2) is 6.48. The number of nitrogens with zero attached hydrogens (tertiary/aromatic N) is 1. The molecule has 0 aliphatic rings. The van der Waals surface area contributed by atoms with Crippen LogP contribution < -0.4 is 15.8 Å². The van der Waals surface area contributed by atoms with E-state index in [1.165, 1.54) is 5.56 Å². The lowest BCUT2D eigenvalue weighted by atomic mass is 10.1. The van der Waals surface area contributed by atoms with Crippen LogP contribution in [-0.2, 0) is 6.42 Å². The van der Waals surface area contributed by atoms with Crippen molar-refractivity contribution in [2.75, 3.05) is 24.7 Å². The first-order valence-corrected chi connectivity index (χ1v) is 6.40. The van der Waals surface area contributed by atoms with Crippen molar-refractivity contribution in [2.45, 2.75) is 6.42 Å². The van der Waals surface area contributed by atoms with Gasteiger partial charge >= 0.3 is 0 Å². The van der Waals surface area contributed by atoms with E-state index in [0.717, 1.165) is 24.4 Å². The minimum Gasteiger partial charge on any atom is -0.497 e. The minimum atomic E-state index is 0.497. The molecular weight excluding hydrogens is 250 g/mol. The highest BCUT2D eigenvalue weighted by Gasteiger charge is 2.03.